The lowest BCUT2D eigenvalue weighted by Gasteiger charge is -2.06. The first-order chi connectivity index (χ1) is 25.7. The second-order valence-electron chi connectivity index (χ2n) is 11.3. The number of rotatable bonds is 8. The van der Waals surface area contributed by atoms with Gasteiger partial charge in [0.25, 0.3) is 0 Å². The molecule has 0 saturated carbocycles. The zero-order chi connectivity index (χ0) is 40.8. The Hall–Kier alpha value is -4.49. The number of nitrogen functional groups attached to an aromatic ring is 1. The third kappa shape index (κ3) is 11.5. The summed E-state index contributed by atoms with van der Waals surface area (Å²) in [5.41, 5.74) is 8.93. The molecule has 0 aliphatic carbocycles. The molecule has 0 aliphatic heterocycles. The monoisotopic (exact) mass is 946 g/mol. The highest BCUT2D eigenvalue weighted by Gasteiger charge is 2.26. The lowest BCUT2D eigenvalue weighted by molar-refractivity contribution is 0.0519. The topological polar surface area (TPSA) is 185 Å². The summed E-state index contributed by atoms with van der Waals surface area (Å²) in [6.45, 7) is 3.82. The van der Waals surface area contributed by atoms with Crippen molar-refractivity contribution in [3.8, 4) is 22.6 Å². The van der Waals surface area contributed by atoms with E-state index in [9.17, 15) is 35.2 Å². The smallest absolute Gasteiger partial charge is 0.342 e. The molecule has 2 heterocycles. The van der Waals surface area contributed by atoms with Gasteiger partial charge in [0.2, 0.25) is 19.1 Å². The van der Waals surface area contributed by atoms with Crippen LogP contribution in [-0.2, 0) is 28.5 Å². The Morgan fingerprint density at radius 1 is 0.727 bits per heavy atom. The highest BCUT2D eigenvalue weighted by atomic mass is 79.9. The number of halogens is 5. The Morgan fingerprint density at radius 3 is 1.49 bits per heavy atom. The highest BCUT2D eigenvalue weighted by molar-refractivity contribution is 9.11. The first-order valence-electron chi connectivity index (χ1n) is 15.7. The Bertz CT molecular complexity index is 2590. The summed E-state index contributed by atoms with van der Waals surface area (Å²) in [6, 6.07) is 17.6. The molecule has 0 atom stereocenters. The van der Waals surface area contributed by atoms with E-state index in [4.69, 9.17) is 24.0 Å². The SMILES string of the molecule is CCOC(=O)c1c(-c2ccc(F)cc2)oc2cc(N)c(Br)cc12.CCOC(=O)c1c(-c2ccc(F)cc2)oc2cc(NS(C)(=O)=O)c(Br)cc12.CS(=O)(=O)Cl. The maximum atomic E-state index is 13.3. The molecule has 0 unspecified atom stereocenters. The Kier molecular flexibility index (Phi) is 14.1. The molecule has 2 aromatic heterocycles. The average molecular weight is 949 g/mol. The van der Waals surface area contributed by atoms with Gasteiger partial charge in [-0.15, -0.1) is 0 Å². The van der Waals surface area contributed by atoms with Crippen molar-refractivity contribution in [2.45, 2.75) is 13.8 Å². The van der Waals surface area contributed by atoms with E-state index in [1.807, 2.05) is 0 Å². The number of anilines is 2. The van der Waals surface area contributed by atoms with Crippen molar-refractivity contribution in [1.29, 1.82) is 0 Å². The van der Waals surface area contributed by atoms with Crippen LogP contribution < -0.4 is 10.5 Å². The molecule has 6 rings (SSSR count). The molecule has 0 saturated heterocycles. The Labute approximate surface area is 335 Å². The summed E-state index contributed by atoms with van der Waals surface area (Å²) in [5, 5.41) is 1.03. The number of ether oxygens (including phenoxy) is 2. The van der Waals surface area contributed by atoms with Crippen molar-refractivity contribution >= 4 is 107 Å². The van der Waals surface area contributed by atoms with Crippen molar-refractivity contribution < 1.29 is 53.5 Å². The first-order valence-corrected chi connectivity index (χ1v) is 21.9. The number of carbonyl (C=O) groups excluding carboxylic acids is 2. The van der Waals surface area contributed by atoms with Gasteiger partial charge in [0.05, 0.1) is 31.4 Å². The van der Waals surface area contributed by atoms with Crippen LogP contribution in [0.3, 0.4) is 0 Å². The van der Waals surface area contributed by atoms with E-state index in [-0.39, 0.29) is 41.6 Å². The Morgan fingerprint density at radius 2 is 1.11 bits per heavy atom. The van der Waals surface area contributed by atoms with E-state index in [2.05, 4.69) is 47.3 Å². The van der Waals surface area contributed by atoms with Gasteiger partial charge in [-0.1, -0.05) is 0 Å². The van der Waals surface area contributed by atoms with E-state index in [1.54, 1.807) is 44.2 Å². The second kappa shape index (κ2) is 18.0. The normalized spacial score (nSPS) is 11.3. The number of sulfonamides is 1. The molecule has 19 heteroatoms. The van der Waals surface area contributed by atoms with Crippen molar-refractivity contribution in [3.63, 3.8) is 0 Å². The van der Waals surface area contributed by atoms with Gasteiger partial charge in [-0.05, 0) is 106 Å². The van der Waals surface area contributed by atoms with Gasteiger partial charge in [0.15, 0.2) is 0 Å². The number of hydrogen-bond acceptors (Lipinski definition) is 11. The van der Waals surface area contributed by atoms with E-state index >= 15 is 0 Å². The maximum Gasteiger partial charge on any atom is 0.342 e. The first kappa shape index (κ1) is 43.2. The lowest BCUT2D eigenvalue weighted by Crippen LogP contribution is -2.10. The van der Waals surface area contributed by atoms with Crippen LogP contribution in [0.2, 0.25) is 0 Å². The largest absolute Gasteiger partial charge is 0.462 e. The van der Waals surface area contributed by atoms with Gasteiger partial charge in [0, 0.05) is 59.3 Å². The van der Waals surface area contributed by atoms with Gasteiger partial charge in [-0.3, -0.25) is 4.72 Å². The standard InChI is InChI=1S/C18H15BrFNO5S.C17H13BrFNO3.CH3ClO2S/c1-3-25-18(22)16-12-8-13(19)14(21-27(2,23)24)9-15(12)26-17(16)10-4-6-11(20)7-5-10;1-2-22-17(21)15-11-7-12(18)13(20)8-14(11)23-16(15)9-3-5-10(19)6-4-9;1-5(2,3)4/h4-9,21H,3H2,1-2H3;3-8H,2,20H2,1H3;1H3. The van der Waals surface area contributed by atoms with Crippen LogP contribution in [0.4, 0.5) is 20.2 Å². The zero-order valence-electron chi connectivity index (χ0n) is 29.2. The minimum Gasteiger partial charge on any atom is -0.462 e. The minimum atomic E-state index is -3.51. The molecular formula is C36H31Br2ClF2N2O10S2. The van der Waals surface area contributed by atoms with Crippen LogP contribution in [0.1, 0.15) is 34.6 Å². The predicted octanol–water partition coefficient (Wildman–Crippen LogP) is 9.49. The van der Waals surface area contributed by atoms with Gasteiger partial charge in [0.1, 0.15) is 45.4 Å². The molecular weight excluding hydrogens is 918 g/mol. The molecule has 12 nitrogen and oxygen atoms in total. The van der Waals surface area contributed by atoms with Crippen LogP contribution >= 0.6 is 42.5 Å². The number of benzene rings is 4. The van der Waals surface area contributed by atoms with Crippen LogP contribution in [0, 0.1) is 11.6 Å². The molecule has 0 amide bonds. The summed E-state index contributed by atoms with van der Waals surface area (Å²) in [5.74, 6) is -1.33. The summed E-state index contributed by atoms with van der Waals surface area (Å²) in [4.78, 5) is 24.9. The molecule has 292 valence electrons. The molecule has 55 heavy (non-hydrogen) atoms. The van der Waals surface area contributed by atoms with Crippen molar-refractivity contribution in [2.75, 3.05) is 36.2 Å². The molecule has 0 fully saturated rings. The van der Waals surface area contributed by atoms with Crippen LogP contribution in [0.25, 0.3) is 44.6 Å². The second-order valence-corrected chi connectivity index (χ2v) is 17.8. The van der Waals surface area contributed by atoms with E-state index in [0.29, 0.717) is 53.4 Å². The Balaban J connectivity index is 0.000000220. The fraction of sp³-hybridized carbons (Fsp3) is 0.167. The van der Waals surface area contributed by atoms with E-state index < -0.39 is 36.8 Å². The number of nitrogens with two attached hydrogens (primary N) is 1. The number of furan rings is 2. The van der Waals surface area contributed by atoms with E-state index in [1.165, 1.54) is 42.5 Å². The third-order valence-electron chi connectivity index (χ3n) is 7.05. The zero-order valence-corrected chi connectivity index (χ0v) is 34.8. The lowest BCUT2D eigenvalue weighted by atomic mass is 10.1. The predicted molar refractivity (Wildman–Crippen MR) is 214 cm³/mol. The van der Waals surface area contributed by atoms with Gasteiger partial charge in [-0.2, -0.15) is 0 Å². The molecule has 0 aliphatic rings. The molecule has 4 aromatic carbocycles. The number of carbonyl (C=O) groups is 2. The fourth-order valence-corrected chi connectivity index (χ4v) is 6.43. The van der Waals surface area contributed by atoms with Gasteiger partial charge >= 0.3 is 11.9 Å². The highest BCUT2D eigenvalue weighted by Crippen LogP contribution is 2.40. The number of fused-ring (bicyclic) bond motifs is 2. The summed E-state index contributed by atoms with van der Waals surface area (Å²) in [7, 11) is -2.20. The summed E-state index contributed by atoms with van der Waals surface area (Å²) < 4.78 is 93.6. The van der Waals surface area contributed by atoms with Crippen molar-refractivity contribution in [3.05, 3.63) is 105 Å². The van der Waals surface area contributed by atoms with E-state index in [0.717, 1.165) is 12.5 Å². The van der Waals surface area contributed by atoms with Crippen molar-refractivity contribution in [1.82, 2.24) is 0 Å². The van der Waals surface area contributed by atoms with Crippen molar-refractivity contribution in [2.24, 2.45) is 0 Å². The molecule has 0 spiro atoms. The molecule has 0 bridgehead atoms. The molecule has 3 N–H and O–H groups in total. The maximum absolute atomic E-state index is 13.3. The quantitative estimate of drug-likeness (QED) is 0.0841. The summed E-state index contributed by atoms with van der Waals surface area (Å²) >= 11 is 6.64. The van der Waals surface area contributed by atoms with Crippen LogP contribution in [-0.4, -0.2) is 54.5 Å². The van der Waals surface area contributed by atoms with Gasteiger partial charge < -0.3 is 24.0 Å². The number of nitrogens with one attached hydrogen (secondary N) is 1. The number of esters is 2. The van der Waals surface area contributed by atoms with Gasteiger partial charge in [-0.25, -0.2) is 35.2 Å². The van der Waals surface area contributed by atoms with Crippen LogP contribution in [0.5, 0.6) is 0 Å². The molecule has 0 radical (unpaired) electrons. The minimum absolute atomic E-state index is 0.170. The molecule has 6 aromatic rings. The average Bonchev–Trinajstić information content (AvgIpc) is 3.63. The summed E-state index contributed by atoms with van der Waals surface area (Å²) in [6.07, 6.45) is 1.95. The van der Waals surface area contributed by atoms with Crippen LogP contribution in [0.15, 0.2) is 90.6 Å². The third-order valence-corrected chi connectivity index (χ3v) is 8.99. The number of hydrogen-bond donors (Lipinski definition) is 2. The fourth-order valence-electron chi connectivity index (χ4n) is 4.95.